The molecule has 340 valence electrons. The predicted octanol–water partition coefficient (Wildman–Crippen LogP) is 4.93. The van der Waals surface area contributed by atoms with Crippen molar-refractivity contribution in [2.24, 2.45) is 0 Å². The zero-order valence-corrected chi connectivity index (χ0v) is 38.2. The molecule has 2 aromatic heterocycles. The highest BCUT2D eigenvalue weighted by Gasteiger charge is 2.32. The number of carbonyl (C=O) groups is 6. The van der Waals surface area contributed by atoms with Crippen LogP contribution in [-0.2, 0) is 44.6 Å². The van der Waals surface area contributed by atoms with E-state index >= 15 is 0 Å². The fourth-order valence-electron chi connectivity index (χ4n) is 7.43. The van der Waals surface area contributed by atoms with E-state index in [-0.39, 0.29) is 42.8 Å². The largest absolute Gasteiger partial charge is 0.470 e. The molecule has 17 nitrogen and oxygen atoms in total. The molecule has 1 amide bonds. The molecule has 1 N–H and O–H groups in total. The maximum Gasteiger partial charge on any atom is 0.336 e. The van der Waals surface area contributed by atoms with Crippen LogP contribution < -0.4 is 14.4 Å². The van der Waals surface area contributed by atoms with Gasteiger partial charge in [-0.2, -0.15) is 4.37 Å². The average molecular weight is 891 g/mol. The van der Waals surface area contributed by atoms with Gasteiger partial charge in [0.15, 0.2) is 24.3 Å². The number of morpholine rings is 1. The molecule has 0 radical (unpaired) electrons. The number of aromatic nitrogens is 3. The lowest BCUT2D eigenvalue weighted by molar-refractivity contribution is -0.157. The van der Waals surface area contributed by atoms with Crippen molar-refractivity contribution in [1.29, 1.82) is 0 Å². The molecule has 0 bridgehead atoms. The number of rotatable bonds is 20. The molecule has 1 aliphatic heterocycles. The van der Waals surface area contributed by atoms with Crippen LogP contribution in [0.2, 0.25) is 0 Å². The van der Waals surface area contributed by atoms with Gasteiger partial charge in [-0.05, 0) is 95.6 Å². The van der Waals surface area contributed by atoms with E-state index in [1.165, 1.54) is 11.8 Å². The van der Waals surface area contributed by atoms with E-state index < -0.39 is 42.1 Å². The minimum atomic E-state index is -1.07. The van der Waals surface area contributed by atoms with Crippen LogP contribution >= 0.6 is 11.7 Å². The van der Waals surface area contributed by atoms with Gasteiger partial charge in [0, 0.05) is 73.1 Å². The highest BCUT2D eigenvalue weighted by atomic mass is 32.1. The van der Waals surface area contributed by atoms with Gasteiger partial charge < -0.3 is 43.4 Å². The molecule has 1 aromatic carbocycles. The normalized spacial score (nSPS) is 15.2. The van der Waals surface area contributed by atoms with Crippen molar-refractivity contribution in [2.45, 2.75) is 86.3 Å². The maximum absolute atomic E-state index is 13.3. The number of hydrogen-bond donors (Lipinski definition) is 1. The highest BCUT2D eigenvalue weighted by Crippen LogP contribution is 2.35. The Morgan fingerprint density at radius 1 is 1.03 bits per heavy atom. The number of nitrogens with one attached hydrogen (secondary N) is 1. The third-order valence-corrected chi connectivity index (χ3v) is 11.3. The molecule has 1 saturated heterocycles. The number of ether oxygens (including phenoxy) is 5. The van der Waals surface area contributed by atoms with Gasteiger partial charge in [-0.3, -0.25) is 19.2 Å². The van der Waals surface area contributed by atoms with Crippen LogP contribution in [-0.4, -0.2) is 136 Å². The highest BCUT2D eigenvalue weighted by molar-refractivity contribution is 6.99. The summed E-state index contributed by atoms with van der Waals surface area (Å²) in [6, 6.07) is 4.88. The van der Waals surface area contributed by atoms with Crippen molar-refractivity contribution >= 4 is 64.6 Å². The van der Waals surface area contributed by atoms with Crippen LogP contribution in [0.5, 0.6) is 11.6 Å². The number of anilines is 1. The third kappa shape index (κ3) is 13.2. The monoisotopic (exact) mass is 890 g/mol. The van der Waals surface area contributed by atoms with E-state index in [0.717, 1.165) is 66.8 Å². The molecule has 3 heterocycles. The summed E-state index contributed by atoms with van der Waals surface area (Å²) in [5, 5.41) is 0. The van der Waals surface area contributed by atoms with Crippen molar-refractivity contribution in [2.75, 3.05) is 70.6 Å². The summed E-state index contributed by atoms with van der Waals surface area (Å²) in [6.45, 7) is 18.4. The van der Waals surface area contributed by atoms with Crippen molar-refractivity contribution in [3.63, 3.8) is 0 Å². The molecule has 5 rings (SSSR count). The number of nitrogens with zero attached hydrogens (tertiary/aromatic N) is 5. The molecule has 63 heavy (non-hydrogen) atoms. The fraction of sp³-hybridized carbons (Fsp3) is 0.511. The summed E-state index contributed by atoms with van der Waals surface area (Å²) in [5.41, 5.74) is 3.77. The molecule has 1 aliphatic carbocycles. The molecule has 0 unspecified atom stereocenters. The summed E-state index contributed by atoms with van der Waals surface area (Å²) in [7, 11) is 0. The fourth-order valence-corrected chi connectivity index (χ4v) is 7.95. The van der Waals surface area contributed by atoms with Gasteiger partial charge in [-0.25, -0.2) is 9.59 Å². The number of Topliss-reactive ketones (excluding diaryl/α,β-unsaturated/α-hetero) is 2. The SMILES string of the molecule is CCN(CC)CCCC(=O)c1c(C)[nH]c(C=C2C(=O)Cc3ccc(OC(=O)/C=C\C(=O)O[C@H](COc4nsnc4N4CCOCC4)CN(C(=O)COC(C)=O)C(C)(C)C)cc32)c1C. The first-order valence-corrected chi connectivity index (χ1v) is 21.9. The molecule has 18 heteroatoms. The Hall–Kier alpha value is -5.72. The van der Waals surface area contributed by atoms with Crippen molar-refractivity contribution < 1.29 is 52.5 Å². The summed E-state index contributed by atoms with van der Waals surface area (Å²) in [5.74, 6) is -2.14. The van der Waals surface area contributed by atoms with Crippen LogP contribution in [0.25, 0.3) is 11.6 Å². The first-order valence-electron chi connectivity index (χ1n) is 21.1. The molecule has 0 saturated carbocycles. The number of allylic oxidation sites excluding steroid dienone is 1. The Balaban J connectivity index is 1.27. The smallest absolute Gasteiger partial charge is 0.336 e. The quantitative estimate of drug-likeness (QED) is 0.0693. The number of benzene rings is 1. The summed E-state index contributed by atoms with van der Waals surface area (Å²) < 4.78 is 36.4. The van der Waals surface area contributed by atoms with Gasteiger partial charge in [-0.15, -0.1) is 4.37 Å². The molecular formula is C45H58N6O11S. The lowest BCUT2D eigenvalue weighted by atomic mass is 10.00. The van der Waals surface area contributed by atoms with Crippen molar-refractivity contribution in [3.05, 3.63) is 64.0 Å². The molecular weight excluding hydrogens is 833 g/mol. The summed E-state index contributed by atoms with van der Waals surface area (Å²) in [6.07, 6.45) is 3.82. The number of ketones is 2. The number of aromatic amines is 1. The van der Waals surface area contributed by atoms with Gasteiger partial charge in [-0.1, -0.05) is 19.9 Å². The second-order valence-electron chi connectivity index (χ2n) is 16.3. The predicted molar refractivity (Wildman–Crippen MR) is 236 cm³/mol. The number of amides is 1. The van der Waals surface area contributed by atoms with E-state index in [1.54, 1.807) is 45.0 Å². The van der Waals surface area contributed by atoms with E-state index in [0.29, 0.717) is 60.9 Å². The van der Waals surface area contributed by atoms with Gasteiger partial charge in [0.2, 0.25) is 5.82 Å². The minimum absolute atomic E-state index is 0.0516. The van der Waals surface area contributed by atoms with Crippen molar-refractivity contribution in [1.82, 2.24) is 23.5 Å². The van der Waals surface area contributed by atoms with Gasteiger partial charge in [0.1, 0.15) is 12.4 Å². The van der Waals surface area contributed by atoms with Gasteiger partial charge in [0.25, 0.3) is 11.8 Å². The van der Waals surface area contributed by atoms with Crippen LogP contribution in [0.3, 0.4) is 0 Å². The van der Waals surface area contributed by atoms with E-state index in [1.807, 2.05) is 18.7 Å². The van der Waals surface area contributed by atoms with E-state index in [2.05, 4.69) is 32.5 Å². The second-order valence-corrected chi connectivity index (χ2v) is 16.8. The maximum atomic E-state index is 13.3. The zero-order valence-electron chi connectivity index (χ0n) is 37.4. The Bertz CT molecular complexity index is 2210. The second kappa shape index (κ2) is 22.1. The number of H-pyrrole nitrogens is 1. The number of fused-ring (bicyclic) bond motifs is 1. The third-order valence-electron chi connectivity index (χ3n) is 10.8. The number of esters is 3. The van der Waals surface area contributed by atoms with Crippen LogP contribution in [0, 0.1) is 13.8 Å². The Morgan fingerprint density at radius 3 is 2.43 bits per heavy atom. The first-order chi connectivity index (χ1) is 30.0. The summed E-state index contributed by atoms with van der Waals surface area (Å²) in [4.78, 5) is 86.5. The molecule has 1 fully saturated rings. The number of aryl methyl sites for hydroxylation is 1. The topological polar surface area (TPSA) is 200 Å². The zero-order chi connectivity index (χ0) is 45.8. The Labute approximate surface area is 372 Å². The van der Waals surface area contributed by atoms with Crippen LogP contribution in [0.4, 0.5) is 5.82 Å². The molecule has 1 atom stereocenters. The van der Waals surface area contributed by atoms with Crippen LogP contribution in [0.1, 0.15) is 92.8 Å². The minimum Gasteiger partial charge on any atom is -0.470 e. The Kier molecular flexibility index (Phi) is 16.9. The lowest BCUT2D eigenvalue weighted by Crippen LogP contribution is -2.52. The Morgan fingerprint density at radius 2 is 1.75 bits per heavy atom. The molecule has 3 aromatic rings. The number of hydrogen-bond acceptors (Lipinski definition) is 16. The van der Waals surface area contributed by atoms with Crippen LogP contribution in [0.15, 0.2) is 30.4 Å². The molecule has 0 spiro atoms. The lowest BCUT2D eigenvalue weighted by Gasteiger charge is -2.37. The van der Waals surface area contributed by atoms with Gasteiger partial charge in [0.05, 0.1) is 31.5 Å². The van der Waals surface area contributed by atoms with Crippen molar-refractivity contribution in [3.8, 4) is 11.6 Å². The summed E-state index contributed by atoms with van der Waals surface area (Å²) >= 11 is 0.959. The standard InChI is InChI=1S/C45H58N6O11S/c1-9-49(10-2)17-11-12-37(53)42-28(3)36(46-29(42)4)24-35-34-23-32(14-13-31(34)22-38(35)54)61-40(56)15-16-41(57)62-33(25-51(45(6,7)8)39(55)27-59-30(5)52)26-60-44-43(47-63-48-44)50-18-20-58-21-19-50/h13-16,23-24,33,46H,9-12,17-22,25-27H2,1-8H3/b16-15-,35-24?/t33-/m0/s1. The number of carbonyl (C=O) groups excluding carboxylic acids is 6. The van der Waals surface area contributed by atoms with Gasteiger partial charge >= 0.3 is 17.9 Å². The van der Waals surface area contributed by atoms with E-state index in [9.17, 15) is 28.8 Å². The first kappa shape index (κ1) is 48.3. The average Bonchev–Trinajstić information content (AvgIpc) is 3.92. The molecule has 2 aliphatic rings. The van der Waals surface area contributed by atoms with E-state index in [4.69, 9.17) is 23.7 Å².